The number of thiocarbonyl (C=S) groups is 1. The Hall–Kier alpha value is -3.69. The van der Waals surface area contributed by atoms with Gasteiger partial charge in [0, 0.05) is 51.3 Å². The van der Waals surface area contributed by atoms with E-state index in [4.69, 9.17) is 17.3 Å². The van der Waals surface area contributed by atoms with Gasteiger partial charge in [-0.3, -0.25) is 23.9 Å². The lowest BCUT2D eigenvalue weighted by atomic mass is 10.0. The molecular weight excluding hydrogens is 590 g/mol. The number of hydrogen-bond donors (Lipinski definition) is 1. The van der Waals surface area contributed by atoms with Gasteiger partial charge in [0.15, 0.2) is 0 Å². The number of rotatable bonds is 12. The first-order valence-electron chi connectivity index (χ1n) is 14.6. The van der Waals surface area contributed by atoms with Crippen LogP contribution in [0.2, 0.25) is 0 Å². The van der Waals surface area contributed by atoms with Crippen molar-refractivity contribution in [1.29, 1.82) is 5.26 Å². The molecule has 2 aromatic rings. The van der Waals surface area contributed by atoms with Crippen LogP contribution in [-0.2, 0) is 16.1 Å². The lowest BCUT2D eigenvalue weighted by Gasteiger charge is -2.39. The molecule has 0 spiro atoms. The Morgan fingerprint density at radius 2 is 1.79 bits per heavy atom. The van der Waals surface area contributed by atoms with Gasteiger partial charge < -0.3 is 14.9 Å². The molecule has 2 fully saturated rings. The normalized spacial score (nSPS) is 16.3. The highest BCUT2D eigenvalue weighted by Gasteiger charge is 2.33. The van der Waals surface area contributed by atoms with Crippen LogP contribution in [0.25, 0.3) is 6.08 Å². The molecule has 2 aliphatic heterocycles. The topological polar surface area (TPSA) is 110 Å². The van der Waals surface area contributed by atoms with Crippen LogP contribution in [0.5, 0.6) is 0 Å². The second-order valence-corrected chi connectivity index (χ2v) is 12.3. The maximum absolute atomic E-state index is 14.5. The predicted octanol–water partition coefficient (Wildman–Crippen LogP) is 5.14. The van der Waals surface area contributed by atoms with Crippen molar-refractivity contribution in [2.75, 3.05) is 42.5 Å². The largest absolute Gasteiger partial charge is 0.481 e. The molecule has 0 radical (unpaired) electrons. The maximum Gasteiger partial charge on any atom is 0.303 e. The summed E-state index contributed by atoms with van der Waals surface area (Å²) in [6, 6.07) is 8.76. The number of nitriles is 1. The molecule has 1 aromatic heterocycles. The van der Waals surface area contributed by atoms with Crippen LogP contribution in [-0.4, -0.2) is 63.5 Å². The Morgan fingerprint density at radius 1 is 1.09 bits per heavy atom. The number of amides is 1. The van der Waals surface area contributed by atoms with Gasteiger partial charge in [-0.2, -0.15) is 5.26 Å². The van der Waals surface area contributed by atoms with E-state index in [0.717, 1.165) is 12.8 Å². The molecule has 2 saturated heterocycles. The molecule has 12 heteroatoms. The maximum atomic E-state index is 14.5. The molecular formula is C31H36FN5O4S2. The van der Waals surface area contributed by atoms with Crippen LogP contribution in [0.4, 0.5) is 15.9 Å². The summed E-state index contributed by atoms with van der Waals surface area (Å²) in [5, 5.41) is 18.8. The van der Waals surface area contributed by atoms with Crippen molar-refractivity contribution in [3.8, 4) is 6.07 Å². The monoisotopic (exact) mass is 625 g/mol. The fourth-order valence-electron chi connectivity index (χ4n) is 5.42. The molecule has 1 N–H and O–H groups in total. The van der Waals surface area contributed by atoms with Gasteiger partial charge in [0.05, 0.1) is 10.6 Å². The average Bonchev–Trinajstić information content (AvgIpc) is 3.25. The van der Waals surface area contributed by atoms with E-state index in [9.17, 15) is 24.0 Å². The quantitative estimate of drug-likeness (QED) is 0.195. The number of unbranched alkanes of at least 4 members (excludes halogenated alkanes) is 3. The number of nitrogens with zero attached hydrogens (tertiary/aromatic N) is 5. The van der Waals surface area contributed by atoms with Crippen molar-refractivity contribution in [3.63, 3.8) is 0 Å². The molecule has 9 nitrogen and oxygen atoms in total. The number of para-hydroxylation sites is 1. The van der Waals surface area contributed by atoms with Crippen LogP contribution < -0.4 is 15.4 Å². The molecule has 43 heavy (non-hydrogen) atoms. The van der Waals surface area contributed by atoms with E-state index in [0.29, 0.717) is 90.4 Å². The molecule has 0 saturated carbocycles. The summed E-state index contributed by atoms with van der Waals surface area (Å²) in [6.45, 7) is 6.68. The van der Waals surface area contributed by atoms with Crippen LogP contribution in [0, 0.1) is 24.1 Å². The summed E-state index contributed by atoms with van der Waals surface area (Å²) < 4.78 is 16.6. The van der Waals surface area contributed by atoms with Gasteiger partial charge in [0.2, 0.25) is 0 Å². The molecule has 1 aromatic carbocycles. The van der Waals surface area contributed by atoms with Crippen molar-refractivity contribution in [2.45, 2.75) is 58.9 Å². The zero-order chi connectivity index (χ0) is 31.1. The number of hydrogen-bond acceptors (Lipinski definition) is 8. The smallest absolute Gasteiger partial charge is 0.303 e. The Kier molecular flexibility index (Phi) is 11.0. The lowest BCUT2D eigenvalue weighted by Crippen LogP contribution is -2.49. The molecule has 4 rings (SSSR count). The summed E-state index contributed by atoms with van der Waals surface area (Å²) in [6.07, 6.45) is 5.25. The number of carboxylic acid groups (broad SMARTS) is 1. The van der Waals surface area contributed by atoms with Crippen molar-refractivity contribution >= 4 is 57.8 Å². The van der Waals surface area contributed by atoms with Crippen LogP contribution in [0.3, 0.4) is 0 Å². The summed E-state index contributed by atoms with van der Waals surface area (Å²) in [4.78, 5) is 43.9. The third kappa shape index (κ3) is 7.28. The molecule has 1 amide bonds. The standard InChI is InChI=1S/C31H36FN5O4S2/c1-3-4-13-36-28(35-17-15-34(16-18-35)25-11-8-7-10-24(25)32)22(21(2)23(20-33)29(36)40)19-26-30(41)37(31(42)43-26)14-9-5-6-12-27(38)39/h7-8,10-11,19H,3-6,9,12-18H2,1-2H3,(H,38,39)/b26-19+. The highest BCUT2D eigenvalue weighted by atomic mass is 32.2. The van der Waals surface area contributed by atoms with Gasteiger partial charge in [-0.1, -0.05) is 55.9 Å². The number of piperazine rings is 1. The first-order chi connectivity index (χ1) is 20.7. The zero-order valence-corrected chi connectivity index (χ0v) is 26.1. The van der Waals surface area contributed by atoms with Gasteiger partial charge >= 0.3 is 5.97 Å². The third-order valence-electron chi connectivity index (χ3n) is 7.78. The van der Waals surface area contributed by atoms with Gasteiger partial charge in [-0.25, -0.2) is 4.39 Å². The molecule has 0 aliphatic carbocycles. The van der Waals surface area contributed by atoms with Gasteiger partial charge in [-0.15, -0.1) is 0 Å². The number of carbonyl (C=O) groups excluding carboxylic acids is 1. The fraction of sp³-hybridized carbons (Fsp3) is 0.452. The van der Waals surface area contributed by atoms with Crippen molar-refractivity contribution < 1.29 is 19.1 Å². The third-order valence-corrected chi connectivity index (χ3v) is 9.15. The fourth-order valence-corrected chi connectivity index (χ4v) is 6.71. The highest BCUT2D eigenvalue weighted by molar-refractivity contribution is 8.26. The number of aliphatic carboxylic acids is 1. The number of anilines is 2. The molecule has 0 atom stereocenters. The van der Waals surface area contributed by atoms with Crippen LogP contribution in [0.15, 0.2) is 34.0 Å². The van der Waals surface area contributed by atoms with E-state index in [1.165, 1.54) is 22.7 Å². The van der Waals surface area contributed by atoms with Crippen LogP contribution in [0.1, 0.15) is 62.1 Å². The molecule has 2 aliphatic rings. The van der Waals surface area contributed by atoms with Gasteiger partial charge in [0.1, 0.15) is 27.6 Å². The second-order valence-electron chi connectivity index (χ2n) is 10.6. The van der Waals surface area contributed by atoms with Crippen molar-refractivity contribution in [1.82, 2.24) is 9.47 Å². The van der Waals surface area contributed by atoms with E-state index in [2.05, 4.69) is 11.0 Å². The van der Waals surface area contributed by atoms with E-state index in [1.807, 2.05) is 17.9 Å². The number of aromatic nitrogens is 1. The van der Waals surface area contributed by atoms with E-state index in [1.54, 1.807) is 29.7 Å². The Morgan fingerprint density at radius 3 is 2.44 bits per heavy atom. The number of pyridine rings is 1. The minimum Gasteiger partial charge on any atom is -0.481 e. The van der Waals surface area contributed by atoms with Gasteiger partial charge in [0.25, 0.3) is 11.5 Å². The molecule has 0 unspecified atom stereocenters. The Balaban J connectivity index is 1.68. The molecule has 0 bridgehead atoms. The second kappa shape index (κ2) is 14.7. The molecule has 3 heterocycles. The van der Waals surface area contributed by atoms with E-state index < -0.39 is 5.97 Å². The summed E-state index contributed by atoms with van der Waals surface area (Å²) in [7, 11) is 0. The van der Waals surface area contributed by atoms with E-state index in [-0.39, 0.29) is 29.3 Å². The van der Waals surface area contributed by atoms with Crippen molar-refractivity contribution in [3.05, 3.63) is 62.0 Å². The number of carbonyl (C=O) groups is 2. The van der Waals surface area contributed by atoms with E-state index >= 15 is 0 Å². The summed E-state index contributed by atoms with van der Waals surface area (Å²) >= 11 is 6.71. The predicted molar refractivity (Wildman–Crippen MR) is 172 cm³/mol. The first-order valence-corrected chi connectivity index (χ1v) is 15.8. The number of thioether (sulfide) groups is 1. The molecule has 228 valence electrons. The number of benzene rings is 1. The van der Waals surface area contributed by atoms with Crippen molar-refractivity contribution in [2.24, 2.45) is 0 Å². The van der Waals surface area contributed by atoms with Crippen LogP contribution >= 0.6 is 24.0 Å². The lowest BCUT2D eigenvalue weighted by molar-refractivity contribution is -0.137. The summed E-state index contributed by atoms with van der Waals surface area (Å²) in [5.74, 6) is -0.713. The Bertz CT molecular complexity index is 1530. The highest BCUT2D eigenvalue weighted by Crippen LogP contribution is 2.36. The minimum absolute atomic E-state index is 0.0463. The minimum atomic E-state index is -0.842. The van der Waals surface area contributed by atoms with Gasteiger partial charge in [-0.05, 0) is 50.0 Å². The Labute approximate surface area is 260 Å². The zero-order valence-electron chi connectivity index (χ0n) is 24.5. The number of carboxylic acids is 1. The summed E-state index contributed by atoms with van der Waals surface area (Å²) in [5.41, 5.74) is 1.36. The number of halogens is 1. The first kappa shape index (κ1) is 32.2. The SMILES string of the molecule is CCCCn1c(N2CCN(c3ccccc3F)CC2)c(/C=C2/SC(=S)N(CCCCCC(=O)O)C2=O)c(C)c(C#N)c1=O. The average molecular weight is 626 g/mol.